The fraction of sp³-hybridized carbons (Fsp3) is 0.424. The van der Waals surface area contributed by atoms with Gasteiger partial charge in [0.15, 0.2) is 11.5 Å². The maximum Gasteiger partial charge on any atom is 0.335 e. The molecule has 4 aromatic rings. The topological polar surface area (TPSA) is 111 Å². The monoisotopic (exact) mass is 665 g/mol. The number of aromatic carboxylic acids is 1. The van der Waals surface area contributed by atoms with Crippen LogP contribution < -0.4 is 14.4 Å². The molecule has 0 bridgehead atoms. The third kappa shape index (κ3) is 5.14. The van der Waals surface area contributed by atoms with Gasteiger partial charge in [-0.15, -0.1) is 0 Å². The molecule has 1 N–H and O–H groups in total. The summed E-state index contributed by atoms with van der Waals surface area (Å²) >= 11 is 12.7. The average molecular weight is 667 g/mol. The summed E-state index contributed by atoms with van der Waals surface area (Å²) in [6.45, 7) is 6.37. The predicted molar refractivity (Wildman–Crippen MR) is 171 cm³/mol. The zero-order valence-electron chi connectivity index (χ0n) is 25.2. The summed E-state index contributed by atoms with van der Waals surface area (Å²) in [5.41, 5.74) is 3.04. The molecule has 4 aliphatic rings. The minimum atomic E-state index is -1.08. The van der Waals surface area contributed by atoms with E-state index >= 15 is 0 Å². The summed E-state index contributed by atoms with van der Waals surface area (Å²) in [5, 5.41) is 10.6. The molecule has 2 aromatic heterocycles. The number of carboxylic acid groups (broad SMARTS) is 1. The SMILES string of the molecule is C[C@@]1(c2ccc(Cl)cn2)Oc2cccc(N3CCN(Cc4nc5c(Cl)cc(C(=O)O)cc5n4C[C@@H]4CCCO4)[C@@H]4COC[C@@H]43)c2O1. The van der Waals surface area contributed by atoms with E-state index < -0.39 is 11.8 Å². The van der Waals surface area contributed by atoms with Crippen LogP contribution in [0.5, 0.6) is 11.5 Å². The van der Waals surface area contributed by atoms with Crippen LogP contribution in [0.2, 0.25) is 10.0 Å². The Morgan fingerprint density at radius 1 is 1.11 bits per heavy atom. The highest BCUT2D eigenvalue weighted by Gasteiger charge is 2.46. The number of aromatic nitrogens is 3. The van der Waals surface area contributed by atoms with Crippen LogP contribution in [0.25, 0.3) is 11.0 Å². The van der Waals surface area contributed by atoms with E-state index in [9.17, 15) is 9.90 Å². The molecular weight excluding hydrogens is 633 g/mol. The van der Waals surface area contributed by atoms with E-state index in [1.165, 1.54) is 6.07 Å². The molecule has 0 radical (unpaired) electrons. The summed E-state index contributed by atoms with van der Waals surface area (Å²) in [6.07, 6.45) is 3.58. The zero-order chi connectivity index (χ0) is 31.6. The lowest BCUT2D eigenvalue weighted by Gasteiger charge is -2.44. The van der Waals surface area contributed by atoms with Crippen molar-refractivity contribution < 1.29 is 28.8 Å². The van der Waals surface area contributed by atoms with Crippen LogP contribution in [-0.4, -0.2) is 81.6 Å². The number of pyridine rings is 1. The van der Waals surface area contributed by atoms with Crippen LogP contribution in [0, 0.1) is 0 Å². The van der Waals surface area contributed by atoms with Crippen LogP contribution in [0.1, 0.15) is 41.6 Å². The maximum absolute atomic E-state index is 11.9. The Bertz CT molecular complexity index is 1810. The predicted octanol–water partition coefficient (Wildman–Crippen LogP) is 5.35. The second kappa shape index (κ2) is 11.6. The number of imidazole rings is 1. The average Bonchev–Trinajstić information content (AvgIpc) is 3.85. The van der Waals surface area contributed by atoms with E-state index in [2.05, 4.69) is 25.4 Å². The molecule has 3 fully saturated rings. The molecule has 8 rings (SSSR count). The normalized spacial score (nSPS) is 25.8. The number of halogens is 2. The summed E-state index contributed by atoms with van der Waals surface area (Å²) in [5.74, 6) is 0.0694. The lowest BCUT2D eigenvalue weighted by atomic mass is 10.0. The second-order valence-electron chi connectivity index (χ2n) is 12.4. The Morgan fingerprint density at radius 3 is 2.76 bits per heavy atom. The molecule has 4 aliphatic heterocycles. The molecule has 6 heterocycles. The molecular formula is C33H33Cl2N5O6. The summed E-state index contributed by atoms with van der Waals surface area (Å²) in [4.78, 5) is 26.1. The minimum Gasteiger partial charge on any atom is -0.478 e. The highest BCUT2D eigenvalue weighted by Crippen LogP contribution is 2.50. The quantitative estimate of drug-likeness (QED) is 0.277. The van der Waals surface area contributed by atoms with Gasteiger partial charge >= 0.3 is 5.97 Å². The van der Waals surface area contributed by atoms with E-state index in [0.29, 0.717) is 64.6 Å². The van der Waals surface area contributed by atoms with Crippen molar-refractivity contribution in [2.45, 2.75) is 56.8 Å². The number of hydrogen-bond acceptors (Lipinski definition) is 9. The van der Waals surface area contributed by atoms with E-state index in [0.717, 1.165) is 44.0 Å². The molecule has 11 nitrogen and oxygen atoms in total. The van der Waals surface area contributed by atoms with Crippen molar-refractivity contribution in [1.29, 1.82) is 0 Å². The Balaban J connectivity index is 1.08. The third-order valence-electron chi connectivity index (χ3n) is 9.47. The van der Waals surface area contributed by atoms with Gasteiger partial charge < -0.3 is 33.5 Å². The van der Waals surface area contributed by atoms with Gasteiger partial charge in [0.05, 0.1) is 71.3 Å². The fourth-order valence-electron chi connectivity index (χ4n) is 7.18. The standard InChI is InChI=1S/C33H33Cl2N5O6/c1-33(28-8-7-20(34)14-36-28)45-27-6-2-5-23(31(27)46-33)39-10-9-38(25-17-43-18-26(25)39)16-29-37-30-22(35)12-19(32(41)42)13-24(30)40(29)15-21-4-3-11-44-21/h2,5-8,12-14,21,25-26H,3-4,9-11,15-18H2,1H3,(H,41,42)/t21-,25+,26-,33+/m0/s1. The maximum atomic E-state index is 11.9. The number of piperazine rings is 1. The van der Waals surface area contributed by atoms with E-state index in [1.807, 2.05) is 25.1 Å². The molecule has 3 saturated heterocycles. The Morgan fingerprint density at radius 2 is 1.98 bits per heavy atom. The van der Waals surface area contributed by atoms with Crippen molar-refractivity contribution >= 4 is 45.9 Å². The number of para-hydroxylation sites is 1. The molecule has 4 atom stereocenters. The van der Waals surface area contributed by atoms with Gasteiger partial charge in [-0.1, -0.05) is 29.3 Å². The van der Waals surface area contributed by atoms with Crippen LogP contribution in [0.15, 0.2) is 48.7 Å². The van der Waals surface area contributed by atoms with E-state index in [4.69, 9.17) is 47.1 Å². The zero-order valence-corrected chi connectivity index (χ0v) is 26.7. The van der Waals surface area contributed by atoms with Crippen molar-refractivity contribution in [3.05, 3.63) is 75.8 Å². The van der Waals surface area contributed by atoms with Gasteiger partial charge in [-0.05, 0) is 49.2 Å². The van der Waals surface area contributed by atoms with Crippen molar-refractivity contribution in [1.82, 2.24) is 19.4 Å². The number of ether oxygens (including phenoxy) is 4. The summed E-state index contributed by atoms with van der Waals surface area (Å²) in [6, 6.07) is 12.9. The van der Waals surface area contributed by atoms with Gasteiger partial charge in [0.2, 0.25) is 0 Å². The Kier molecular flexibility index (Phi) is 7.49. The molecule has 0 unspecified atom stereocenters. The second-order valence-corrected chi connectivity index (χ2v) is 13.2. The number of carboxylic acids is 1. The van der Waals surface area contributed by atoms with Gasteiger partial charge in [-0.2, -0.15) is 0 Å². The largest absolute Gasteiger partial charge is 0.478 e. The van der Waals surface area contributed by atoms with Crippen LogP contribution in [-0.2, 0) is 28.4 Å². The van der Waals surface area contributed by atoms with Gasteiger partial charge in [0, 0.05) is 32.8 Å². The van der Waals surface area contributed by atoms with Crippen molar-refractivity contribution in [3.63, 3.8) is 0 Å². The van der Waals surface area contributed by atoms with Gasteiger partial charge in [0.25, 0.3) is 5.79 Å². The van der Waals surface area contributed by atoms with Crippen LogP contribution in [0.4, 0.5) is 5.69 Å². The highest BCUT2D eigenvalue weighted by molar-refractivity contribution is 6.35. The molecule has 2 aromatic carbocycles. The number of anilines is 1. The number of nitrogens with zero attached hydrogens (tertiary/aromatic N) is 5. The van der Waals surface area contributed by atoms with Gasteiger partial charge in [-0.3, -0.25) is 9.88 Å². The van der Waals surface area contributed by atoms with Gasteiger partial charge in [-0.25, -0.2) is 9.78 Å². The number of hydrogen-bond donors (Lipinski definition) is 1. The Labute approximate surface area is 275 Å². The van der Waals surface area contributed by atoms with Crippen molar-refractivity contribution in [2.75, 3.05) is 37.8 Å². The fourth-order valence-corrected chi connectivity index (χ4v) is 7.55. The molecule has 13 heteroatoms. The van der Waals surface area contributed by atoms with Gasteiger partial charge in [0.1, 0.15) is 17.0 Å². The lowest BCUT2D eigenvalue weighted by Crippen LogP contribution is -2.59. The molecule has 46 heavy (non-hydrogen) atoms. The molecule has 0 aliphatic carbocycles. The highest BCUT2D eigenvalue weighted by atomic mass is 35.5. The lowest BCUT2D eigenvalue weighted by molar-refractivity contribution is -0.0716. The molecule has 0 amide bonds. The Hall–Kier alpha value is -3.61. The number of benzene rings is 2. The summed E-state index contributed by atoms with van der Waals surface area (Å²) < 4.78 is 27.0. The summed E-state index contributed by atoms with van der Waals surface area (Å²) in [7, 11) is 0. The smallest absolute Gasteiger partial charge is 0.335 e. The molecule has 240 valence electrons. The first-order valence-electron chi connectivity index (χ1n) is 15.5. The van der Waals surface area contributed by atoms with Crippen molar-refractivity contribution in [3.8, 4) is 11.5 Å². The number of rotatable bonds is 7. The van der Waals surface area contributed by atoms with Crippen LogP contribution >= 0.6 is 23.2 Å². The first-order chi connectivity index (χ1) is 22.3. The van der Waals surface area contributed by atoms with E-state index in [-0.39, 0.29) is 23.8 Å². The minimum absolute atomic E-state index is 0.0407. The third-order valence-corrected chi connectivity index (χ3v) is 9.98. The molecule has 0 spiro atoms. The first kappa shape index (κ1) is 29.8. The van der Waals surface area contributed by atoms with Crippen molar-refractivity contribution in [2.24, 2.45) is 0 Å². The van der Waals surface area contributed by atoms with E-state index in [1.54, 1.807) is 18.3 Å². The number of fused-ring (bicyclic) bond motifs is 3. The first-order valence-corrected chi connectivity index (χ1v) is 16.3. The number of carbonyl (C=O) groups is 1. The molecule has 0 saturated carbocycles. The van der Waals surface area contributed by atoms with Crippen LogP contribution in [0.3, 0.4) is 0 Å².